The minimum atomic E-state index is -0.407. The number of benzene rings is 2. The first-order valence-electron chi connectivity index (χ1n) is 10.5. The number of aliphatic hydroxyl groups is 1. The molecule has 7 nitrogen and oxygen atoms in total. The summed E-state index contributed by atoms with van der Waals surface area (Å²) in [5.74, 6) is 1.07. The standard InChI is InChI=1S/C24H27N5O2/c1-15-8-6-10-18(14-15)22-21(23(31)26-19-11-5-4-9-16(19)2)17(3)25-24-27-20(12-7-13-30)28-29(22)24/h4-6,8-11,14,22,30H,7,12-13H2,1-3H3,(H,26,31)(H,25,27,28)/t22-/m0/s1. The van der Waals surface area contributed by atoms with Gasteiger partial charge in [-0.15, -0.1) is 0 Å². The van der Waals surface area contributed by atoms with Gasteiger partial charge in [-0.05, 0) is 44.4 Å². The third-order valence-electron chi connectivity index (χ3n) is 5.45. The van der Waals surface area contributed by atoms with Gasteiger partial charge in [0.15, 0.2) is 5.82 Å². The summed E-state index contributed by atoms with van der Waals surface area (Å²) in [5.41, 5.74) is 5.19. The molecule has 160 valence electrons. The average Bonchev–Trinajstić information content (AvgIpc) is 3.15. The second-order valence-electron chi connectivity index (χ2n) is 7.87. The van der Waals surface area contributed by atoms with Crippen LogP contribution in [-0.4, -0.2) is 32.4 Å². The molecule has 1 aliphatic heterocycles. The van der Waals surface area contributed by atoms with Crippen molar-refractivity contribution in [3.05, 3.63) is 82.3 Å². The minimum Gasteiger partial charge on any atom is -0.396 e. The average molecular weight is 418 g/mol. The highest BCUT2D eigenvalue weighted by Gasteiger charge is 2.34. The Bertz CT molecular complexity index is 1150. The lowest BCUT2D eigenvalue weighted by molar-refractivity contribution is -0.113. The largest absolute Gasteiger partial charge is 0.396 e. The molecule has 0 radical (unpaired) electrons. The number of aromatic nitrogens is 3. The molecule has 3 aromatic rings. The number of amides is 1. The van der Waals surface area contributed by atoms with Gasteiger partial charge >= 0.3 is 0 Å². The summed E-state index contributed by atoms with van der Waals surface area (Å²) in [4.78, 5) is 18.1. The van der Waals surface area contributed by atoms with Gasteiger partial charge in [0.05, 0.1) is 5.57 Å². The Hall–Kier alpha value is -3.45. The van der Waals surface area contributed by atoms with E-state index in [-0.39, 0.29) is 12.5 Å². The molecule has 31 heavy (non-hydrogen) atoms. The Labute approximate surface area is 181 Å². The highest BCUT2D eigenvalue weighted by atomic mass is 16.3. The van der Waals surface area contributed by atoms with Crippen LogP contribution in [0.15, 0.2) is 59.8 Å². The van der Waals surface area contributed by atoms with Crippen LogP contribution in [0.1, 0.15) is 41.9 Å². The summed E-state index contributed by atoms with van der Waals surface area (Å²) in [6, 6.07) is 15.4. The highest BCUT2D eigenvalue weighted by molar-refractivity contribution is 6.06. The predicted octanol–water partition coefficient (Wildman–Crippen LogP) is 3.75. The van der Waals surface area contributed by atoms with Crippen LogP contribution in [0.25, 0.3) is 0 Å². The van der Waals surface area contributed by atoms with Gasteiger partial charge in [0, 0.05) is 24.4 Å². The lowest BCUT2D eigenvalue weighted by Crippen LogP contribution is -2.31. The number of anilines is 2. The van der Waals surface area contributed by atoms with Crippen molar-refractivity contribution < 1.29 is 9.90 Å². The Morgan fingerprint density at radius 2 is 1.97 bits per heavy atom. The van der Waals surface area contributed by atoms with Crippen molar-refractivity contribution in [3.8, 4) is 0 Å². The molecule has 0 fully saturated rings. The van der Waals surface area contributed by atoms with E-state index in [1.807, 2.05) is 63.2 Å². The molecule has 0 aliphatic carbocycles. The van der Waals surface area contributed by atoms with Crippen LogP contribution in [0.2, 0.25) is 0 Å². The number of hydrogen-bond acceptors (Lipinski definition) is 5. The highest BCUT2D eigenvalue weighted by Crippen LogP contribution is 2.36. The molecule has 3 N–H and O–H groups in total. The second-order valence-corrected chi connectivity index (χ2v) is 7.87. The third-order valence-corrected chi connectivity index (χ3v) is 5.45. The number of fused-ring (bicyclic) bond motifs is 1. The smallest absolute Gasteiger partial charge is 0.255 e. The van der Waals surface area contributed by atoms with Gasteiger partial charge in [-0.2, -0.15) is 10.1 Å². The summed E-state index contributed by atoms with van der Waals surface area (Å²) < 4.78 is 1.78. The molecule has 0 spiro atoms. The molecule has 1 amide bonds. The van der Waals surface area contributed by atoms with E-state index in [9.17, 15) is 9.90 Å². The van der Waals surface area contributed by atoms with E-state index in [1.165, 1.54) is 0 Å². The number of nitrogens with zero attached hydrogens (tertiary/aromatic N) is 3. The fourth-order valence-electron chi connectivity index (χ4n) is 3.88. The van der Waals surface area contributed by atoms with Crippen LogP contribution < -0.4 is 10.6 Å². The maximum Gasteiger partial charge on any atom is 0.255 e. The fourth-order valence-corrected chi connectivity index (χ4v) is 3.88. The van der Waals surface area contributed by atoms with E-state index in [0.29, 0.717) is 30.2 Å². The second kappa shape index (κ2) is 8.73. The topological polar surface area (TPSA) is 92.1 Å². The molecule has 2 heterocycles. The first-order chi connectivity index (χ1) is 15.0. The summed E-state index contributed by atoms with van der Waals surface area (Å²) in [6.07, 6.45) is 1.16. The molecule has 1 aliphatic rings. The number of aryl methyl sites for hydroxylation is 3. The van der Waals surface area contributed by atoms with Gasteiger partial charge < -0.3 is 15.7 Å². The molecule has 0 bridgehead atoms. The molecule has 0 saturated carbocycles. The Balaban J connectivity index is 1.77. The quantitative estimate of drug-likeness (QED) is 0.568. The molecular weight excluding hydrogens is 390 g/mol. The van der Waals surface area contributed by atoms with Crippen LogP contribution >= 0.6 is 0 Å². The number of para-hydroxylation sites is 1. The maximum absolute atomic E-state index is 13.5. The van der Waals surface area contributed by atoms with E-state index in [4.69, 9.17) is 0 Å². The van der Waals surface area contributed by atoms with E-state index < -0.39 is 6.04 Å². The third kappa shape index (κ3) is 4.22. The summed E-state index contributed by atoms with van der Waals surface area (Å²) >= 11 is 0. The van der Waals surface area contributed by atoms with Crippen molar-refractivity contribution in [2.24, 2.45) is 0 Å². The van der Waals surface area contributed by atoms with E-state index in [2.05, 4.69) is 26.8 Å². The minimum absolute atomic E-state index is 0.0833. The van der Waals surface area contributed by atoms with Gasteiger partial charge in [-0.25, -0.2) is 4.68 Å². The SMILES string of the molecule is CC1=C(C(=O)Nc2ccccc2C)[C@H](c2cccc(C)c2)n2nc(CCCO)nc2N1. The Kier molecular flexibility index (Phi) is 5.86. The van der Waals surface area contributed by atoms with Crippen LogP contribution in [0, 0.1) is 13.8 Å². The van der Waals surface area contributed by atoms with Crippen molar-refractivity contribution in [1.82, 2.24) is 14.8 Å². The molecule has 0 saturated heterocycles. The number of aliphatic hydroxyl groups excluding tert-OH is 1. The fraction of sp³-hybridized carbons (Fsp3) is 0.292. The van der Waals surface area contributed by atoms with Gasteiger partial charge in [-0.1, -0.05) is 48.0 Å². The van der Waals surface area contributed by atoms with E-state index in [1.54, 1.807) is 4.68 Å². The molecule has 1 aromatic heterocycles. The zero-order chi connectivity index (χ0) is 22.0. The van der Waals surface area contributed by atoms with E-state index >= 15 is 0 Å². The van der Waals surface area contributed by atoms with Gasteiger partial charge in [0.2, 0.25) is 5.95 Å². The normalized spacial score (nSPS) is 15.4. The van der Waals surface area contributed by atoms with Crippen molar-refractivity contribution in [3.63, 3.8) is 0 Å². The molecule has 7 heteroatoms. The lowest BCUT2D eigenvalue weighted by Gasteiger charge is -2.29. The number of nitrogens with one attached hydrogen (secondary N) is 2. The number of rotatable bonds is 6. The number of carbonyl (C=O) groups is 1. The maximum atomic E-state index is 13.5. The monoisotopic (exact) mass is 417 g/mol. The lowest BCUT2D eigenvalue weighted by atomic mass is 9.94. The van der Waals surface area contributed by atoms with Gasteiger partial charge in [-0.3, -0.25) is 4.79 Å². The van der Waals surface area contributed by atoms with Crippen molar-refractivity contribution >= 4 is 17.5 Å². The summed E-state index contributed by atoms with van der Waals surface area (Å²) in [5, 5.41) is 20.2. The van der Waals surface area contributed by atoms with Crippen LogP contribution in [0.5, 0.6) is 0 Å². The van der Waals surface area contributed by atoms with Gasteiger partial charge in [0.25, 0.3) is 5.91 Å². The number of carbonyl (C=O) groups excluding carboxylic acids is 1. The van der Waals surface area contributed by atoms with Crippen LogP contribution in [0.4, 0.5) is 11.6 Å². The molecule has 0 unspecified atom stereocenters. The summed E-state index contributed by atoms with van der Waals surface area (Å²) in [7, 11) is 0. The predicted molar refractivity (Wildman–Crippen MR) is 121 cm³/mol. The number of hydrogen-bond donors (Lipinski definition) is 3. The Morgan fingerprint density at radius 3 is 2.71 bits per heavy atom. The first kappa shape index (κ1) is 20.8. The first-order valence-corrected chi connectivity index (χ1v) is 10.5. The molecular formula is C24H27N5O2. The van der Waals surface area contributed by atoms with Crippen LogP contribution in [0.3, 0.4) is 0 Å². The summed E-state index contributed by atoms with van der Waals surface area (Å²) in [6.45, 7) is 5.97. The molecule has 4 rings (SSSR count). The van der Waals surface area contributed by atoms with Crippen molar-refractivity contribution in [2.45, 2.75) is 39.7 Å². The van der Waals surface area contributed by atoms with E-state index in [0.717, 1.165) is 28.1 Å². The van der Waals surface area contributed by atoms with Crippen molar-refractivity contribution in [2.75, 3.05) is 17.2 Å². The molecule has 2 aromatic carbocycles. The van der Waals surface area contributed by atoms with Gasteiger partial charge in [0.1, 0.15) is 6.04 Å². The Morgan fingerprint density at radius 1 is 1.16 bits per heavy atom. The van der Waals surface area contributed by atoms with Crippen LogP contribution in [-0.2, 0) is 11.2 Å². The molecule has 1 atom stereocenters. The van der Waals surface area contributed by atoms with Crippen molar-refractivity contribution in [1.29, 1.82) is 0 Å². The zero-order valence-corrected chi connectivity index (χ0v) is 18.0. The number of allylic oxidation sites excluding steroid dienone is 1. The zero-order valence-electron chi connectivity index (χ0n) is 18.0.